The van der Waals surface area contributed by atoms with Gasteiger partial charge in [-0.3, -0.25) is 9.79 Å². The molecule has 0 amide bonds. The number of allylic oxidation sites excluding steroid dienone is 4. The number of nitrogens with zero attached hydrogens (tertiary/aromatic N) is 1. The zero-order valence-corrected chi connectivity index (χ0v) is 24.1. The summed E-state index contributed by atoms with van der Waals surface area (Å²) in [5.41, 5.74) is 8.28. The highest BCUT2D eigenvalue weighted by Crippen LogP contribution is 2.37. The highest BCUT2D eigenvalue weighted by Gasteiger charge is 2.26. The second-order valence-electron chi connectivity index (χ2n) is 9.15. The van der Waals surface area contributed by atoms with Crippen molar-refractivity contribution in [1.82, 2.24) is 0 Å². The monoisotopic (exact) mass is 500 g/mol. The molecule has 0 spiro atoms. The number of aliphatic imine (C=N–C) groups is 1. The van der Waals surface area contributed by atoms with Crippen LogP contribution in [0.5, 0.6) is 0 Å². The van der Waals surface area contributed by atoms with E-state index in [0.717, 1.165) is 52.0 Å². The number of carbonyl (C=O) groups excluding carboxylic acids is 1. The molecule has 1 heterocycles. The van der Waals surface area contributed by atoms with Gasteiger partial charge in [-0.1, -0.05) is 90.4 Å². The molecule has 2 aromatic carbocycles. The van der Waals surface area contributed by atoms with Crippen LogP contribution in [0.15, 0.2) is 65.2 Å². The molecule has 0 saturated heterocycles. The van der Waals surface area contributed by atoms with E-state index >= 15 is 0 Å². The Labute approximate surface area is 224 Å². The molecule has 1 unspecified atom stereocenters. The van der Waals surface area contributed by atoms with Crippen LogP contribution in [-0.2, 0) is 11.2 Å². The summed E-state index contributed by atoms with van der Waals surface area (Å²) in [5, 5.41) is 0. The van der Waals surface area contributed by atoms with Crippen molar-refractivity contribution in [2.45, 2.75) is 81.2 Å². The number of carbonyl (C=O) groups is 1. The number of fused-ring (bicyclic) bond motifs is 1. The van der Waals surface area contributed by atoms with Gasteiger partial charge in [0, 0.05) is 23.1 Å². The molecule has 0 aromatic heterocycles. The number of ketones is 1. The van der Waals surface area contributed by atoms with Crippen molar-refractivity contribution in [3.8, 4) is 0 Å². The summed E-state index contributed by atoms with van der Waals surface area (Å²) in [6, 6.07) is 11.6. The molecule has 2 aliphatic rings. The van der Waals surface area contributed by atoms with Gasteiger partial charge in [-0.25, -0.2) is 4.39 Å². The van der Waals surface area contributed by atoms with Crippen molar-refractivity contribution in [2.24, 2.45) is 10.9 Å². The molecule has 1 aliphatic carbocycles. The molecule has 2 aromatic rings. The van der Waals surface area contributed by atoms with Crippen LogP contribution in [0, 0.1) is 18.2 Å². The summed E-state index contributed by atoms with van der Waals surface area (Å²) < 4.78 is 14.9. The maximum atomic E-state index is 14.9. The van der Waals surface area contributed by atoms with Crippen molar-refractivity contribution in [3.05, 3.63) is 100 Å². The normalized spacial score (nSPS) is 18.8. The van der Waals surface area contributed by atoms with Gasteiger partial charge in [-0.05, 0) is 73.1 Å². The molecule has 0 fully saturated rings. The molecule has 4 rings (SSSR count). The van der Waals surface area contributed by atoms with Crippen molar-refractivity contribution >= 4 is 22.6 Å². The van der Waals surface area contributed by atoms with Crippen molar-refractivity contribution < 1.29 is 9.18 Å². The zero-order chi connectivity index (χ0) is 27.7. The number of hydrogen-bond donors (Lipinski definition) is 0. The van der Waals surface area contributed by atoms with Crippen LogP contribution in [-0.4, -0.2) is 17.5 Å². The van der Waals surface area contributed by atoms with Gasteiger partial charge in [0.1, 0.15) is 5.82 Å². The average molecular weight is 501 g/mol. The van der Waals surface area contributed by atoms with Crippen LogP contribution >= 0.6 is 0 Å². The first kappa shape index (κ1) is 30.2. The van der Waals surface area contributed by atoms with E-state index in [2.05, 4.69) is 38.1 Å². The summed E-state index contributed by atoms with van der Waals surface area (Å²) >= 11 is 0. The molecule has 0 saturated carbocycles. The average Bonchev–Trinajstić information content (AvgIpc) is 3.75. The van der Waals surface area contributed by atoms with Crippen LogP contribution in [0.25, 0.3) is 11.1 Å². The van der Waals surface area contributed by atoms with Crippen LogP contribution in [0.2, 0.25) is 0 Å². The third kappa shape index (κ3) is 7.25. The van der Waals surface area contributed by atoms with Gasteiger partial charge in [-0.15, -0.1) is 0 Å². The summed E-state index contributed by atoms with van der Waals surface area (Å²) in [5.74, 6) is 0.335. The Balaban J connectivity index is 0.00000115. The van der Waals surface area contributed by atoms with E-state index < -0.39 is 0 Å². The van der Waals surface area contributed by atoms with Gasteiger partial charge >= 0.3 is 0 Å². The first-order chi connectivity index (χ1) is 17.8. The Bertz CT molecular complexity index is 1230. The lowest BCUT2D eigenvalue weighted by Crippen LogP contribution is -2.09. The standard InChI is InChI=1S/C30H31FNO.2C2H6/c1-6-18(3)14-21-8-12-26-28(16-21)24(7-2)27(15-19(4)33)20(5)32-30(26)23-11-13-25(22-9-10-22)29(31)17-23;2*1-2/h7-13,15-18,20H,6,14H2,1-5H3;2*1-2H3/b24-7+,27-15-;;/t18?,20-;;/m0../s1. The summed E-state index contributed by atoms with van der Waals surface area (Å²) in [6.45, 7) is 18.0. The SMILES string of the molecule is C/C=C1\C(=C/C(C)=O)[C@H](C)N=C(c2ccc(C3=C[CH]3)c(F)c2)c2ccc(CC(C)CC)cc21.CC.CC. The van der Waals surface area contributed by atoms with E-state index in [0.29, 0.717) is 11.5 Å². The highest BCUT2D eigenvalue weighted by molar-refractivity contribution is 6.17. The van der Waals surface area contributed by atoms with Crippen molar-refractivity contribution in [3.63, 3.8) is 0 Å². The first-order valence-corrected chi connectivity index (χ1v) is 13.8. The lowest BCUT2D eigenvalue weighted by molar-refractivity contribution is -0.112. The molecular weight excluding hydrogens is 457 g/mol. The fourth-order valence-corrected chi connectivity index (χ4v) is 4.49. The number of rotatable bonds is 6. The Kier molecular flexibility index (Phi) is 11.4. The van der Waals surface area contributed by atoms with Gasteiger partial charge < -0.3 is 0 Å². The Hall–Kier alpha value is -3.07. The lowest BCUT2D eigenvalue weighted by Gasteiger charge is -2.17. The van der Waals surface area contributed by atoms with E-state index in [1.807, 2.05) is 66.2 Å². The number of hydrogen-bond acceptors (Lipinski definition) is 2. The number of halogens is 1. The maximum absolute atomic E-state index is 14.9. The van der Waals surface area contributed by atoms with E-state index in [4.69, 9.17) is 4.99 Å². The lowest BCUT2D eigenvalue weighted by atomic mass is 9.86. The van der Waals surface area contributed by atoms with Gasteiger partial charge in [-0.2, -0.15) is 0 Å². The summed E-state index contributed by atoms with van der Waals surface area (Å²) in [4.78, 5) is 17.1. The van der Waals surface area contributed by atoms with Crippen molar-refractivity contribution in [1.29, 1.82) is 0 Å². The molecule has 2 nitrogen and oxygen atoms in total. The van der Waals surface area contributed by atoms with Crippen LogP contribution < -0.4 is 0 Å². The fourth-order valence-electron chi connectivity index (χ4n) is 4.49. The predicted molar refractivity (Wildman–Crippen MR) is 158 cm³/mol. The Morgan fingerprint density at radius 1 is 1.05 bits per heavy atom. The Morgan fingerprint density at radius 3 is 2.24 bits per heavy atom. The van der Waals surface area contributed by atoms with E-state index in [1.165, 1.54) is 5.56 Å². The van der Waals surface area contributed by atoms with E-state index in [-0.39, 0.29) is 17.6 Å². The zero-order valence-electron chi connectivity index (χ0n) is 24.1. The minimum absolute atomic E-state index is 0.00323. The maximum Gasteiger partial charge on any atom is 0.152 e. The Morgan fingerprint density at radius 2 is 1.70 bits per heavy atom. The second-order valence-corrected chi connectivity index (χ2v) is 9.15. The van der Waals surface area contributed by atoms with Crippen molar-refractivity contribution in [2.75, 3.05) is 0 Å². The first-order valence-electron chi connectivity index (χ1n) is 13.8. The second kappa shape index (κ2) is 14.0. The molecule has 0 N–H and O–H groups in total. The van der Waals surface area contributed by atoms with Crippen LogP contribution in [0.3, 0.4) is 0 Å². The topological polar surface area (TPSA) is 29.4 Å². The fraction of sp³-hybridized carbons (Fsp3) is 0.382. The van der Waals surface area contributed by atoms with Gasteiger partial charge in [0.15, 0.2) is 5.78 Å². The molecule has 37 heavy (non-hydrogen) atoms. The molecule has 1 aliphatic heterocycles. The number of benzene rings is 2. The largest absolute Gasteiger partial charge is 0.295 e. The van der Waals surface area contributed by atoms with Gasteiger partial charge in [0.05, 0.1) is 11.8 Å². The molecule has 1 radical (unpaired) electrons. The van der Waals surface area contributed by atoms with Crippen LogP contribution in [0.1, 0.15) is 96.6 Å². The quantitative estimate of drug-likeness (QED) is 0.363. The third-order valence-electron chi connectivity index (χ3n) is 6.53. The summed E-state index contributed by atoms with van der Waals surface area (Å²) in [6.07, 6.45) is 9.68. The summed E-state index contributed by atoms with van der Waals surface area (Å²) in [7, 11) is 0. The molecule has 2 atom stereocenters. The van der Waals surface area contributed by atoms with Gasteiger partial charge in [0.2, 0.25) is 0 Å². The molecule has 0 bridgehead atoms. The van der Waals surface area contributed by atoms with Gasteiger partial charge in [0.25, 0.3) is 0 Å². The molecular formula is C34H43FNO. The minimum Gasteiger partial charge on any atom is -0.295 e. The molecule has 197 valence electrons. The third-order valence-corrected chi connectivity index (χ3v) is 6.53. The highest BCUT2D eigenvalue weighted by atomic mass is 19.1. The minimum atomic E-state index is -0.243. The van der Waals surface area contributed by atoms with Crippen LogP contribution in [0.4, 0.5) is 4.39 Å². The smallest absolute Gasteiger partial charge is 0.152 e. The van der Waals surface area contributed by atoms with E-state index in [1.54, 1.807) is 19.1 Å². The van der Waals surface area contributed by atoms with E-state index in [9.17, 15) is 9.18 Å². The molecule has 3 heteroatoms. The predicted octanol–water partition coefficient (Wildman–Crippen LogP) is 9.23.